The summed E-state index contributed by atoms with van der Waals surface area (Å²) in [5, 5.41) is 8.77. The summed E-state index contributed by atoms with van der Waals surface area (Å²) < 4.78 is 11.4. The first-order chi connectivity index (χ1) is 17.3. The van der Waals surface area contributed by atoms with Gasteiger partial charge in [0.1, 0.15) is 0 Å². The van der Waals surface area contributed by atoms with Gasteiger partial charge >= 0.3 is 0 Å². The van der Waals surface area contributed by atoms with E-state index in [1.54, 1.807) is 7.11 Å². The maximum Gasteiger partial charge on any atom is 0.247 e. The number of rotatable bonds is 10. The number of benzene rings is 1. The van der Waals surface area contributed by atoms with E-state index in [1.165, 1.54) is 18.5 Å². The van der Waals surface area contributed by atoms with Crippen LogP contribution in [0.5, 0.6) is 0 Å². The first-order valence-electron chi connectivity index (χ1n) is 13.6. The lowest BCUT2D eigenvalue weighted by molar-refractivity contribution is 0.0798. The molecule has 0 bridgehead atoms. The summed E-state index contributed by atoms with van der Waals surface area (Å²) in [5.74, 6) is 3.75. The van der Waals surface area contributed by atoms with Crippen LogP contribution in [0.4, 0.5) is 5.69 Å². The van der Waals surface area contributed by atoms with Crippen molar-refractivity contribution in [2.45, 2.75) is 33.6 Å². The first kappa shape index (κ1) is 26.8. The third kappa shape index (κ3) is 6.75. The molecule has 1 aliphatic carbocycles. The molecule has 3 unspecified atom stereocenters. The molecule has 1 fully saturated rings. The fourth-order valence-corrected chi connectivity index (χ4v) is 5.77. The smallest absolute Gasteiger partial charge is 0.247 e. The molecule has 7 nitrogen and oxygen atoms in total. The third-order valence-electron chi connectivity index (χ3n) is 8.15. The molecule has 2 heterocycles. The highest BCUT2D eigenvalue weighted by Gasteiger charge is 2.34. The number of nitrogens with zero attached hydrogens (tertiary/aromatic N) is 5. The van der Waals surface area contributed by atoms with Crippen molar-refractivity contribution < 1.29 is 9.15 Å². The molecule has 1 aromatic heterocycles. The summed E-state index contributed by atoms with van der Waals surface area (Å²) in [4.78, 5) is 7.27. The summed E-state index contributed by atoms with van der Waals surface area (Å²) in [7, 11) is 5.87. The molecule has 2 aromatic rings. The van der Waals surface area contributed by atoms with E-state index in [9.17, 15) is 0 Å². The van der Waals surface area contributed by atoms with Crippen LogP contribution in [0.2, 0.25) is 0 Å². The minimum atomic E-state index is 0.462. The Labute approximate surface area is 217 Å². The predicted octanol–water partition coefficient (Wildman–Crippen LogP) is 4.46. The van der Waals surface area contributed by atoms with E-state index in [4.69, 9.17) is 9.15 Å². The number of hydrogen-bond acceptors (Lipinski definition) is 7. The molecule has 1 aromatic carbocycles. The highest BCUT2D eigenvalue weighted by molar-refractivity contribution is 5.58. The van der Waals surface area contributed by atoms with Gasteiger partial charge in [-0.1, -0.05) is 25.5 Å². The van der Waals surface area contributed by atoms with Crippen molar-refractivity contribution in [3.05, 3.63) is 41.8 Å². The molecule has 0 saturated carbocycles. The number of aromatic nitrogens is 2. The molecular formula is C29H45N5O2. The molecule has 7 heteroatoms. The van der Waals surface area contributed by atoms with Gasteiger partial charge in [-0.2, -0.15) is 0 Å². The van der Waals surface area contributed by atoms with Crippen LogP contribution in [-0.2, 0) is 11.2 Å². The van der Waals surface area contributed by atoms with Crippen LogP contribution in [0.1, 0.15) is 33.1 Å². The first-order valence-corrected chi connectivity index (χ1v) is 13.6. The Bertz CT molecular complexity index is 976. The molecule has 36 heavy (non-hydrogen) atoms. The van der Waals surface area contributed by atoms with E-state index < -0.39 is 0 Å². The molecular weight excluding hydrogens is 450 g/mol. The van der Waals surface area contributed by atoms with Gasteiger partial charge in [-0.3, -0.25) is 4.90 Å². The van der Waals surface area contributed by atoms with Gasteiger partial charge in [0, 0.05) is 78.1 Å². The van der Waals surface area contributed by atoms with Crippen LogP contribution in [0.3, 0.4) is 0 Å². The van der Waals surface area contributed by atoms with Gasteiger partial charge in [0.15, 0.2) is 0 Å². The average molecular weight is 496 g/mol. The van der Waals surface area contributed by atoms with Gasteiger partial charge in [-0.15, -0.1) is 10.2 Å². The van der Waals surface area contributed by atoms with Crippen molar-refractivity contribution in [1.82, 2.24) is 20.0 Å². The number of methoxy groups -OCH3 is 1. The lowest BCUT2D eigenvalue weighted by atomic mass is 9.69. The van der Waals surface area contributed by atoms with Crippen LogP contribution in [-0.4, -0.2) is 87.1 Å². The molecule has 2 aliphatic rings. The SMILES string of the molecule is COCCN1CCN(CC2C=C(C)C(Cc3nnc(-c4ccc(N(C)C)cc4)o3)CC2C(C)C)CC1. The molecule has 0 spiro atoms. The highest BCUT2D eigenvalue weighted by atomic mass is 16.5. The molecule has 1 saturated heterocycles. The second kappa shape index (κ2) is 12.3. The van der Waals surface area contributed by atoms with Gasteiger partial charge in [0.2, 0.25) is 11.8 Å². The normalized spacial score (nSPS) is 23.8. The second-order valence-corrected chi connectivity index (χ2v) is 11.2. The summed E-state index contributed by atoms with van der Waals surface area (Å²) in [5.41, 5.74) is 3.60. The van der Waals surface area contributed by atoms with Crippen LogP contribution >= 0.6 is 0 Å². The van der Waals surface area contributed by atoms with Crippen LogP contribution in [0.15, 0.2) is 40.3 Å². The van der Waals surface area contributed by atoms with Gasteiger partial charge in [-0.25, -0.2) is 0 Å². The molecule has 198 valence electrons. The Hall–Kier alpha value is -2.22. The zero-order chi connectivity index (χ0) is 25.7. The minimum Gasteiger partial charge on any atom is -0.421 e. The topological polar surface area (TPSA) is 57.9 Å². The fourth-order valence-electron chi connectivity index (χ4n) is 5.77. The van der Waals surface area contributed by atoms with Crippen LogP contribution in [0.25, 0.3) is 11.5 Å². The van der Waals surface area contributed by atoms with Gasteiger partial charge in [-0.05, 0) is 61.3 Å². The number of hydrogen-bond donors (Lipinski definition) is 0. The monoisotopic (exact) mass is 495 g/mol. The second-order valence-electron chi connectivity index (χ2n) is 11.2. The van der Waals surface area contributed by atoms with E-state index in [-0.39, 0.29) is 0 Å². The number of allylic oxidation sites excluding steroid dienone is 1. The Morgan fingerprint density at radius 3 is 2.39 bits per heavy atom. The largest absolute Gasteiger partial charge is 0.421 e. The Morgan fingerprint density at radius 1 is 1.06 bits per heavy atom. The quantitative estimate of drug-likeness (QED) is 0.451. The summed E-state index contributed by atoms with van der Waals surface area (Å²) in [6, 6.07) is 8.27. The van der Waals surface area contributed by atoms with E-state index in [0.29, 0.717) is 29.6 Å². The van der Waals surface area contributed by atoms with E-state index >= 15 is 0 Å². The molecule has 0 N–H and O–H groups in total. The number of ether oxygens (including phenoxy) is 1. The zero-order valence-corrected chi connectivity index (χ0v) is 23.1. The Balaban J connectivity index is 1.37. The van der Waals surface area contributed by atoms with Crippen molar-refractivity contribution >= 4 is 5.69 Å². The standard InChI is InChI=1S/C29H45N5O2/c1-21(2)27-18-24(19-28-30-31-29(36-28)23-7-9-26(10-8-23)32(4)5)22(3)17-25(27)20-34-13-11-33(12-14-34)15-16-35-6/h7-10,17,21,24-25,27H,11-16,18-20H2,1-6H3. The molecule has 4 rings (SSSR count). The zero-order valence-electron chi connectivity index (χ0n) is 23.1. The minimum absolute atomic E-state index is 0.462. The predicted molar refractivity (Wildman–Crippen MR) is 146 cm³/mol. The Morgan fingerprint density at radius 2 is 1.75 bits per heavy atom. The maximum absolute atomic E-state index is 6.12. The number of piperazine rings is 1. The van der Waals surface area contributed by atoms with E-state index in [0.717, 1.165) is 62.9 Å². The van der Waals surface area contributed by atoms with Crippen LogP contribution < -0.4 is 4.90 Å². The van der Waals surface area contributed by atoms with Gasteiger partial charge in [0.05, 0.1) is 6.61 Å². The Kier molecular flexibility index (Phi) is 9.20. The van der Waals surface area contributed by atoms with Crippen LogP contribution in [0, 0.1) is 23.7 Å². The van der Waals surface area contributed by atoms with Gasteiger partial charge in [0.25, 0.3) is 0 Å². The summed E-state index contributed by atoms with van der Waals surface area (Å²) >= 11 is 0. The molecule has 1 aliphatic heterocycles. The van der Waals surface area contributed by atoms with Crippen molar-refractivity contribution in [2.24, 2.45) is 23.7 Å². The summed E-state index contributed by atoms with van der Waals surface area (Å²) in [6.45, 7) is 14.7. The average Bonchev–Trinajstić information content (AvgIpc) is 3.33. The molecule has 0 radical (unpaired) electrons. The van der Waals surface area contributed by atoms with Crippen molar-refractivity contribution in [1.29, 1.82) is 0 Å². The highest BCUT2D eigenvalue weighted by Crippen LogP contribution is 2.39. The van der Waals surface area contributed by atoms with E-state index in [1.807, 2.05) is 14.1 Å². The molecule has 3 atom stereocenters. The third-order valence-corrected chi connectivity index (χ3v) is 8.15. The fraction of sp³-hybridized carbons (Fsp3) is 0.655. The number of anilines is 1. The van der Waals surface area contributed by atoms with Crippen molar-refractivity contribution in [3.8, 4) is 11.5 Å². The van der Waals surface area contributed by atoms with Crippen molar-refractivity contribution in [2.75, 3.05) is 72.0 Å². The van der Waals surface area contributed by atoms with Crippen molar-refractivity contribution in [3.63, 3.8) is 0 Å². The lowest BCUT2D eigenvalue weighted by Gasteiger charge is -2.41. The van der Waals surface area contributed by atoms with Gasteiger partial charge < -0.3 is 19.0 Å². The molecule has 0 amide bonds. The lowest BCUT2D eigenvalue weighted by Crippen LogP contribution is -2.49. The van der Waals surface area contributed by atoms with E-state index in [2.05, 4.69) is 76.0 Å². The maximum atomic E-state index is 6.12. The summed E-state index contributed by atoms with van der Waals surface area (Å²) in [6.07, 6.45) is 4.57.